The highest BCUT2D eigenvalue weighted by atomic mass is 32.1. The van der Waals surface area contributed by atoms with Crippen LogP contribution in [0.25, 0.3) is 0 Å². The predicted octanol–water partition coefficient (Wildman–Crippen LogP) is 2.30. The summed E-state index contributed by atoms with van der Waals surface area (Å²) < 4.78 is 49.7. The van der Waals surface area contributed by atoms with Gasteiger partial charge in [0.25, 0.3) is 5.91 Å². The Labute approximate surface area is 153 Å². The number of piperidine rings is 1. The third kappa shape index (κ3) is 3.26. The lowest BCUT2D eigenvalue weighted by Crippen LogP contribution is -2.51. The zero-order valence-electron chi connectivity index (χ0n) is 14.2. The molecule has 144 valence electrons. The number of halogens is 3. The normalized spacial score (nSPS) is 26.0. The molecule has 0 bridgehead atoms. The number of morpholine rings is 1. The SMILES string of the molecule is O=C(c1cc2c(s1)C1(CCNCC1)OCC2)N1CCOC(C(F)(F)F)C1. The van der Waals surface area contributed by atoms with Crippen LogP contribution in [-0.4, -0.2) is 62.5 Å². The van der Waals surface area contributed by atoms with Crippen LogP contribution in [0.3, 0.4) is 0 Å². The Morgan fingerprint density at radius 3 is 2.81 bits per heavy atom. The summed E-state index contributed by atoms with van der Waals surface area (Å²) in [5, 5.41) is 3.32. The number of nitrogens with one attached hydrogen (secondary N) is 1. The fraction of sp³-hybridized carbons (Fsp3) is 0.706. The van der Waals surface area contributed by atoms with E-state index in [-0.39, 0.29) is 24.7 Å². The van der Waals surface area contributed by atoms with E-state index in [4.69, 9.17) is 9.47 Å². The first kappa shape index (κ1) is 18.2. The lowest BCUT2D eigenvalue weighted by atomic mass is 9.86. The Hall–Kier alpha value is -1.16. The van der Waals surface area contributed by atoms with Gasteiger partial charge in [-0.15, -0.1) is 11.3 Å². The first-order chi connectivity index (χ1) is 12.4. The first-order valence-corrected chi connectivity index (χ1v) is 9.66. The molecule has 9 heteroatoms. The second kappa shape index (κ2) is 6.78. The van der Waals surface area contributed by atoms with Crippen molar-refractivity contribution >= 4 is 17.2 Å². The zero-order chi connectivity index (χ0) is 18.4. The summed E-state index contributed by atoms with van der Waals surface area (Å²) in [4.78, 5) is 15.7. The Balaban J connectivity index is 1.56. The molecular formula is C17H21F3N2O3S. The van der Waals surface area contributed by atoms with E-state index in [2.05, 4.69) is 5.32 Å². The second-order valence-electron chi connectivity index (χ2n) is 6.96. The quantitative estimate of drug-likeness (QED) is 0.800. The molecule has 1 unspecified atom stereocenters. The number of alkyl halides is 3. The second-order valence-corrected chi connectivity index (χ2v) is 8.01. The van der Waals surface area contributed by atoms with E-state index in [1.54, 1.807) is 0 Å². The van der Waals surface area contributed by atoms with Gasteiger partial charge in [-0.05, 0) is 44.0 Å². The van der Waals surface area contributed by atoms with Gasteiger partial charge in [-0.3, -0.25) is 4.79 Å². The number of hydrogen-bond acceptors (Lipinski definition) is 5. The topological polar surface area (TPSA) is 50.8 Å². The van der Waals surface area contributed by atoms with E-state index >= 15 is 0 Å². The fourth-order valence-electron chi connectivity index (χ4n) is 3.92. The average Bonchev–Trinajstić information content (AvgIpc) is 3.07. The molecule has 1 aromatic heterocycles. The van der Waals surface area contributed by atoms with Crippen molar-refractivity contribution in [3.8, 4) is 0 Å². The average molecular weight is 390 g/mol. The molecule has 1 N–H and O–H groups in total. The van der Waals surface area contributed by atoms with Crippen molar-refractivity contribution < 1.29 is 27.4 Å². The van der Waals surface area contributed by atoms with Crippen molar-refractivity contribution in [3.63, 3.8) is 0 Å². The molecule has 0 saturated carbocycles. The highest BCUT2D eigenvalue weighted by Crippen LogP contribution is 2.44. The summed E-state index contributed by atoms with van der Waals surface area (Å²) in [5.74, 6) is -0.342. The minimum absolute atomic E-state index is 0.0975. The molecule has 1 aromatic rings. The molecule has 2 saturated heterocycles. The van der Waals surface area contributed by atoms with Crippen LogP contribution in [0.5, 0.6) is 0 Å². The van der Waals surface area contributed by atoms with Gasteiger partial charge < -0.3 is 19.7 Å². The Kier molecular flexibility index (Phi) is 4.75. The van der Waals surface area contributed by atoms with Gasteiger partial charge in [-0.2, -0.15) is 13.2 Å². The van der Waals surface area contributed by atoms with Crippen LogP contribution in [0, 0.1) is 0 Å². The lowest BCUT2D eigenvalue weighted by molar-refractivity contribution is -0.233. The fourth-order valence-corrected chi connectivity index (χ4v) is 5.30. The number of amides is 1. The molecule has 1 atom stereocenters. The maximum atomic E-state index is 12.9. The number of hydrogen-bond donors (Lipinski definition) is 1. The molecule has 26 heavy (non-hydrogen) atoms. The summed E-state index contributed by atoms with van der Waals surface area (Å²) in [6.45, 7) is 1.97. The Morgan fingerprint density at radius 1 is 1.31 bits per heavy atom. The van der Waals surface area contributed by atoms with Gasteiger partial charge in [0, 0.05) is 11.4 Å². The minimum atomic E-state index is -4.46. The van der Waals surface area contributed by atoms with Crippen LogP contribution >= 0.6 is 11.3 Å². The van der Waals surface area contributed by atoms with Gasteiger partial charge in [0.15, 0.2) is 6.10 Å². The van der Waals surface area contributed by atoms with Crippen LogP contribution in [0.1, 0.15) is 33.0 Å². The summed E-state index contributed by atoms with van der Waals surface area (Å²) in [7, 11) is 0. The molecule has 5 nitrogen and oxygen atoms in total. The predicted molar refractivity (Wildman–Crippen MR) is 89.5 cm³/mol. The standard InChI is InChI=1S/C17H21F3N2O3S/c18-17(19,20)13-10-22(6-8-24-13)15(23)12-9-11-1-7-25-16(14(11)26-12)2-4-21-5-3-16/h9,13,21H,1-8,10H2. The number of ether oxygens (including phenoxy) is 2. The van der Waals surface area contributed by atoms with Crippen molar-refractivity contribution in [3.05, 3.63) is 21.4 Å². The van der Waals surface area contributed by atoms with Crippen molar-refractivity contribution in [1.29, 1.82) is 0 Å². The number of fused-ring (bicyclic) bond motifs is 2. The van der Waals surface area contributed by atoms with Crippen LogP contribution in [0.4, 0.5) is 13.2 Å². The zero-order valence-corrected chi connectivity index (χ0v) is 15.0. The maximum Gasteiger partial charge on any atom is 0.416 e. The summed E-state index contributed by atoms with van der Waals surface area (Å²) in [6.07, 6.45) is -3.93. The summed E-state index contributed by atoms with van der Waals surface area (Å²) >= 11 is 1.39. The van der Waals surface area contributed by atoms with Crippen LogP contribution in [-0.2, 0) is 21.5 Å². The van der Waals surface area contributed by atoms with Gasteiger partial charge in [-0.25, -0.2) is 0 Å². The van der Waals surface area contributed by atoms with Crippen molar-refractivity contribution in [2.45, 2.75) is 37.1 Å². The Bertz CT molecular complexity index is 685. The maximum absolute atomic E-state index is 12.9. The van der Waals surface area contributed by atoms with Crippen LogP contribution < -0.4 is 5.32 Å². The highest BCUT2D eigenvalue weighted by molar-refractivity contribution is 7.14. The van der Waals surface area contributed by atoms with Gasteiger partial charge in [0.05, 0.1) is 24.6 Å². The third-order valence-corrected chi connectivity index (χ3v) is 6.66. The minimum Gasteiger partial charge on any atom is -0.369 e. The molecule has 1 amide bonds. The highest BCUT2D eigenvalue weighted by Gasteiger charge is 2.45. The smallest absolute Gasteiger partial charge is 0.369 e. The van der Waals surface area contributed by atoms with Gasteiger partial charge in [0.2, 0.25) is 0 Å². The third-order valence-electron chi connectivity index (χ3n) is 5.31. The number of rotatable bonds is 1. The van der Waals surface area contributed by atoms with Crippen LogP contribution in [0.15, 0.2) is 6.07 Å². The molecule has 2 fully saturated rings. The Morgan fingerprint density at radius 2 is 2.08 bits per heavy atom. The molecular weight excluding hydrogens is 369 g/mol. The number of carbonyl (C=O) groups excluding carboxylic acids is 1. The van der Waals surface area contributed by atoms with E-state index < -0.39 is 18.8 Å². The number of carbonyl (C=O) groups is 1. The number of thiophene rings is 1. The van der Waals surface area contributed by atoms with Crippen molar-refractivity contribution in [2.24, 2.45) is 0 Å². The van der Waals surface area contributed by atoms with E-state index in [1.807, 2.05) is 6.07 Å². The molecule has 3 aliphatic heterocycles. The molecule has 4 heterocycles. The van der Waals surface area contributed by atoms with Crippen LogP contribution in [0.2, 0.25) is 0 Å². The van der Waals surface area contributed by atoms with E-state index in [0.717, 1.165) is 42.8 Å². The van der Waals surface area contributed by atoms with Gasteiger partial charge >= 0.3 is 6.18 Å². The first-order valence-electron chi connectivity index (χ1n) is 8.84. The lowest BCUT2D eigenvalue weighted by Gasteiger charge is -2.40. The molecule has 3 aliphatic rings. The molecule has 1 spiro atoms. The van der Waals surface area contributed by atoms with E-state index in [1.165, 1.54) is 16.2 Å². The molecule has 0 aromatic carbocycles. The van der Waals surface area contributed by atoms with Gasteiger partial charge in [0.1, 0.15) is 5.60 Å². The van der Waals surface area contributed by atoms with Gasteiger partial charge in [-0.1, -0.05) is 0 Å². The van der Waals surface area contributed by atoms with E-state index in [9.17, 15) is 18.0 Å². The van der Waals surface area contributed by atoms with Crippen molar-refractivity contribution in [2.75, 3.05) is 39.4 Å². The summed E-state index contributed by atoms with van der Waals surface area (Å²) in [5.41, 5.74) is 0.758. The monoisotopic (exact) mass is 390 g/mol. The molecule has 0 aliphatic carbocycles. The van der Waals surface area contributed by atoms with Crippen molar-refractivity contribution in [1.82, 2.24) is 10.2 Å². The summed E-state index contributed by atoms with van der Waals surface area (Å²) in [6, 6.07) is 1.85. The largest absolute Gasteiger partial charge is 0.416 e. The molecule has 4 rings (SSSR count). The number of nitrogens with zero attached hydrogens (tertiary/aromatic N) is 1. The van der Waals surface area contributed by atoms with E-state index in [0.29, 0.717) is 11.5 Å². The molecule has 0 radical (unpaired) electrons.